The molecule has 0 fully saturated rings. The number of rotatable bonds is 4. The minimum atomic E-state index is -0.447. The van der Waals surface area contributed by atoms with Crippen LogP contribution in [0.15, 0.2) is 109 Å². The molecule has 0 bridgehead atoms. The molecular formula is C38H20O4. The summed E-state index contributed by atoms with van der Waals surface area (Å²) in [6, 6.07) is 33.4. The zero-order chi connectivity index (χ0) is 28.3. The van der Waals surface area contributed by atoms with E-state index in [4.69, 9.17) is 0 Å². The van der Waals surface area contributed by atoms with E-state index in [1.54, 1.807) is 36.4 Å². The van der Waals surface area contributed by atoms with Gasteiger partial charge in [-0.15, -0.1) is 0 Å². The minimum absolute atomic E-state index is 0.114. The second-order valence-electron chi connectivity index (χ2n) is 11.0. The Morgan fingerprint density at radius 1 is 0.381 bits per heavy atom. The summed E-state index contributed by atoms with van der Waals surface area (Å²) in [5.41, 5.74) is 0.668. The summed E-state index contributed by atoms with van der Waals surface area (Å²) in [6.07, 6.45) is 0. The lowest BCUT2D eigenvalue weighted by Crippen LogP contribution is -2.14. The second kappa shape index (κ2) is 7.93. The Labute approximate surface area is 238 Å². The van der Waals surface area contributed by atoms with E-state index in [0.29, 0.717) is 10.8 Å². The monoisotopic (exact) mass is 540 g/mol. The predicted octanol–water partition coefficient (Wildman–Crippen LogP) is 8.79. The summed E-state index contributed by atoms with van der Waals surface area (Å²) in [4.78, 5) is 29.0. The summed E-state index contributed by atoms with van der Waals surface area (Å²) in [6.45, 7) is 0. The third-order valence-corrected chi connectivity index (χ3v) is 8.92. The minimum Gasteiger partial charge on any atom is -0.507 e. The van der Waals surface area contributed by atoms with Crippen molar-refractivity contribution in [1.82, 2.24) is 0 Å². The number of aromatic hydroxyl groups is 2. The first-order chi connectivity index (χ1) is 20.5. The molecule has 0 heterocycles. The van der Waals surface area contributed by atoms with Gasteiger partial charge in [-0.05, 0) is 88.9 Å². The maximum Gasteiger partial charge on any atom is 0.198 e. The van der Waals surface area contributed by atoms with Crippen LogP contribution in [-0.2, 0) is 0 Å². The summed E-state index contributed by atoms with van der Waals surface area (Å²) in [5, 5.41) is 33.4. The van der Waals surface area contributed by atoms with Crippen molar-refractivity contribution < 1.29 is 19.8 Å². The van der Waals surface area contributed by atoms with Crippen LogP contribution >= 0.6 is 0 Å². The van der Waals surface area contributed by atoms with Crippen LogP contribution in [0.25, 0.3) is 64.6 Å². The SMILES string of the molecule is O=C(c1ccccc1O)c1c(C(=O)c2ccccc2O)c2ccc3ccc4ccc5ccc6ccc1c1c6c5c4c3c21. The number of para-hydroxylation sites is 2. The predicted molar refractivity (Wildman–Crippen MR) is 168 cm³/mol. The van der Waals surface area contributed by atoms with Gasteiger partial charge in [-0.3, -0.25) is 9.59 Å². The third kappa shape index (κ3) is 2.76. The molecule has 0 spiro atoms. The van der Waals surface area contributed by atoms with Gasteiger partial charge in [0.2, 0.25) is 0 Å². The van der Waals surface area contributed by atoms with Crippen LogP contribution in [0.1, 0.15) is 31.8 Å². The fourth-order valence-corrected chi connectivity index (χ4v) is 7.14. The Bertz CT molecular complexity index is 2390. The van der Waals surface area contributed by atoms with Crippen molar-refractivity contribution in [3.8, 4) is 11.5 Å². The number of hydrogen-bond acceptors (Lipinski definition) is 4. The number of phenols is 2. The van der Waals surface area contributed by atoms with Crippen LogP contribution in [0, 0.1) is 0 Å². The first-order valence-electron chi connectivity index (χ1n) is 13.8. The van der Waals surface area contributed by atoms with E-state index in [1.165, 1.54) is 12.1 Å². The van der Waals surface area contributed by atoms with Crippen molar-refractivity contribution in [2.24, 2.45) is 0 Å². The molecule has 0 aliphatic carbocycles. The fourth-order valence-electron chi connectivity index (χ4n) is 7.14. The molecule has 0 aliphatic rings. The van der Waals surface area contributed by atoms with E-state index in [-0.39, 0.29) is 33.8 Å². The van der Waals surface area contributed by atoms with Crippen LogP contribution in [0.3, 0.4) is 0 Å². The van der Waals surface area contributed by atoms with Crippen LogP contribution in [0.5, 0.6) is 11.5 Å². The van der Waals surface area contributed by atoms with Crippen molar-refractivity contribution in [1.29, 1.82) is 0 Å². The molecule has 0 atom stereocenters. The Kier molecular flexibility index (Phi) is 4.34. The molecule has 9 aromatic carbocycles. The topological polar surface area (TPSA) is 74.6 Å². The molecule has 42 heavy (non-hydrogen) atoms. The zero-order valence-electron chi connectivity index (χ0n) is 22.1. The van der Waals surface area contributed by atoms with Gasteiger partial charge in [-0.25, -0.2) is 0 Å². The number of benzene rings is 9. The number of hydrogen-bond donors (Lipinski definition) is 2. The molecule has 0 aromatic heterocycles. The number of phenolic OH excluding ortho intramolecular Hbond substituents is 2. The summed E-state index contributed by atoms with van der Waals surface area (Å²) >= 11 is 0. The Balaban J connectivity index is 1.58. The van der Waals surface area contributed by atoms with Gasteiger partial charge in [0.15, 0.2) is 11.6 Å². The molecule has 0 saturated heterocycles. The Morgan fingerprint density at radius 2 is 0.690 bits per heavy atom. The maximum atomic E-state index is 14.5. The molecule has 0 amide bonds. The van der Waals surface area contributed by atoms with E-state index in [0.717, 1.165) is 53.9 Å². The van der Waals surface area contributed by atoms with Crippen molar-refractivity contribution in [3.05, 3.63) is 131 Å². The molecule has 0 unspecified atom stereocenters. The van der Waals surface area contributed by atoms with Gasteiger partial charge in [0.05, 0.1) is 11.1 Å². The average molecular weight is 541 g/mol. The Morgan fingerprint density at radius 3 is 1.05 bits per heavy atom. The molecule has 4 heteroatoms. The van der Waals surface area contributed by atoms with Gasteiger partial charge in [0.25, 0.3) is 0 Å². The van der Waals surface area contributed by atoms with Gasteiger partial charge in [0.1, 0.15) is 11.5 Å². The Hall–Kier alpha value is -5.74. The quantitative estimate of drug-likeness (QED) is 0.133. The van der Waals surface area contributed by atoms with Crippen molar-refractivity contribution in [3.63, 3.8) is 0 Å². The molecule has 0 radical (unpaired) electrons. The van der Waals surface area contributed by atoms with E-state index in [1.807, 2.05) is 24.3 Å². The lowest BCUT2D eigenvalue weighted by Gasteiger charge is -2.24. The van der Waals surface area contributed by atoms with Gasteiger partial charge in [-0.1, -0.05) is 84.9 Å². The van der Waals surface area contributed by atoms with Gasteiger partial charge >= 0.3 is 0 Å². The first-order valence-corrected chi connectivity index (χ1v) is 13.8. The van der Waals surface area contributed by atoms with Gasteiger partial charge in [0, 0.05) is 11.1 Å². The molecule has 9 rings (SSSR count). The molecule has 196 valence electrons. The molecule has 9 aromatic rings. The summed E-state index contributed by atoms with van der Waals surface area (Å²) < 4.78 is 0. The van der Waals surface area contributed by atoms with Crippen LogP contribution in [0.2, 0.25) is 0 Å². The highest BCUT2D eigenvalue weighted by Crippen LogP contribution is 2.50. The third-order valence-electron chi connectivity index (χ3n) is 8.92. The highest BCUT2D eigenvalue weighted by molar-refractivity contribution is 6.48. The lowest BCUT2D eigenvalue weighted by molar-refractivity contribution is 0.100. The molecule has 0 saturated carbocycles. The van der Waals surface area contributed by atoms with Crippen molar-refractivity contribution in [2.75, 3.05) is 0 Å². The smallest absolute Gasteiger partial charge is 0.198 e. The first kappa shape index (κ1) is 23.0. The molecule has 2 N–H and O–H groups in total. The normalized spacial score (nSPS) is 12.2. The van der Waals surface area contributed by atoms with Gasteiger partial charge < -0.3 is 10.2 Å². The fraction of sp³-hybridized carbons (Fsp3) is 0. The van der Waals surface area contributed by atoms with Crippen LogP contribution in [0.4, 0.5) is 0 Å². The largest absolute Gasteiger partial charge is 0.507 e. The summed E-state index contributed by atoms with van der Waals surface area (Å²) in [5.74, 6) is -1.20. The van der Waals surface area contributed by atoms with Crippen molar-refractivity contribution in [2.45, 2.75) is 0 Å². The number of carbonyl (C=O) groups is 2. The van der Waals surface area contributed by atoms with E-state index < -0.39 is 11.6 Å². The zero-order valence-corrected chi connectivity index (χ0v) is 22.1. The highest BCUT2D eigenvalue weighted by atomic mass is 16.3. The van der Waals surface area contributed by atoms with Gasteiger partial charge in [-0.2, -0.15) is 0 Å². The summed E-state index contributed by atoms with van der Waals surface area (Å²) in [7, 11) is 0. The van der Waals surface area contributed by atoms with Crippen LogP contribution < -0.4 is 0 Å². The average Bonchev–Trinajstić information content (AvgIpc) is 3.02. The van der Waals surface area contributed by atoms with Crippen LogP contribution in [-0.4, -0.2) is 21.8 Å². The molecule has 0 aliphatic heterocycles. The lowest BCUT2D eigenvalue weighted by atomic mass is 9.78. The molecular weight excluding hydrogens is 520 g/mol. The van der Waals surface area contributed by atoms with E-state index in [9.17, 15) is 19.8 Å². The maximum absolute atomic E-state index is 14.5. The standard InChI is InChI=1S/C38H20O4/c39-27-7-3-1-5-23(27)37(41)35-25-17-15-21-13-11-19-9-10-20-12-14-22-16-18-26(34-32(22)30(20)29(19)31(21)33(25)34)36(35)38(42)24-6-2-4-8-28(24)40/h1-18,39-40H. The highest BCUT2D eigenvalue weighted by Gasteiger charge is 2.31. The second-order valence-corrected chi connectivity index (χ2v) is 11.0. The van der Waals surface area contributed by atoms with E-state index >= 15 is 0 Å². The van der Waals surface area contributed by atoms with Crippen molar-refractivity contribution >= 4 is 76.2 Å². The number of carbonyl (C=O) groups excluding carboxylic acids is 2. The number of ketones is 2. The molecule has 4 nitrogen and oxygen atoms in total. The van der Waals surface area contributed by atoms with E-state index in [2.05, 4.69) is 36.4 Å².